The van der Waals surface area contributed by atoms with Crippen LogP contribution >= 0.6 is 0 Å². The number of carbonyl (C=O) groups excluding carboxylic acids is 4. The standard InChI is InChI=1S/C30H35F4N3O7/c1-14(35-27(42)28(43)36-19-10-15(29(2,3)4)8-9-16(19)30(5,6)7)26(41)37-20(12-22(39)40)21(38)13-44-25-23(33)17(31)11-18(32)24(25)34/h8-11,14,20H,12-13H2,1-7H3,(H,35,42)(H,36,43)(H,37,41)(H,39,40)/t14-,20-/m0/s1. The van der Waals surface area contributed by atoms with Gasteiger partial charge in [0, 0.05) is 11.8 Å². The van der Waals surface area contributed by atoms with Crippen molar-refractivity contribution in [3.8, 4) is 5.75 Å². The zero-order valence-corrected chi connectivity index (χ0v) is 25.3. The highest BCUT2D eigenvalue weighted by molar-refractivity contribution is 6.40. The van der Waals surface area contributed by atoms with E-state index < -0.39 is 89.0 Å². The first kappa shape index (κ1) is 35.7. The van der Waals surface area contributed by atoms with Crippen molar-refractivity contribution in [3.05, 3.63) is 58.7 Å². The number of hydrogen-bond donors (Lipinski definition) is 4. The lowest BCUT2D eigenvalue weighted by molar-refractivity contribution is -0.141. The predicted octanol–water partition coefficient (Wildman–Crippen LogP) is 3.89. The van der Waals surface area contributed by atoms with Crippen LogP contribution in [0.2, 0.25) is 0 Å². The Morgan fingerprint density at radius 1 is 0.841 bits per heavy atom. The van der Waals surface area contributed by atoms with Gasteiger partial charge in [-0.1, -0.05) is 53.7 Å². The summed E-state index contributed by atoms with van der Waals surface area (Å²) >= 11 is 0. The molecular weight excluding hydrogens is 590 g/mol. The van der Waals surface area contributed by atoms with E-state index >= 15 is 0 Å². The molecule has 3 amide bonds. The smallest absolute Gasteiger partial charge is 0.313 e. The molecule has 4 N–H and O–H groups in total. The molecule has 10 nitrogen and oxygen atoms in total. The van der Waals surface area contributed by atoms with Crippen molar-refractivity contribution in [1.82, 2.24) is 10.6 Å². The highest BCUT2D eigenvalue weighted by atomic mass is 19.2. The van der Waals surface area contributed by atoms with Gasteiger partial charge >= 0.3 is 17.8 Å². The van der Waals surface area contributed by atoms with Gasteiger partial charge in [0.05, 0.1) is 6.42 Å². The average molecular weight is 626 g/mol. The number of nitrogens with one attached hydrogen (secondary N) is 3. The minimum Gasteiger partial charge on any atom is -0.481 e. The summed E-state index contributed by atoms with van der Waals surface area (Å²) in [6.07, 6.45) is -1.02. The Hall–Kier alpha value is -4.49. The number of anilines is 1. The van der Waals surface area contributed by atoms with Crippen molar-refractivity contribution in [2.24, 2.45) is 0 Å². The Bertz CT molecular complexity index is 1440. The topological polar surface area (TPSA) is 151 Å². The molecule has 0 saturated carbocycles. The van der Waals surface area contributed by atoms with Crippen LogP contribution in [0.1, 0.15) is 66.0 Å². The molecule has 0 bridgehead atoms. The molecule has 44 heavy (non-hydrogen) atoms. The third-order valence-electron chi connectivity index (χ3n) is 6.40. The fraction of sp³-hybridized carbons (Fsp3) is 0.433. The molecule has 0 saturated heterocycles. The molecule has 0 unspecified atom stereocenters. The van der Waals surface area contributed by atoms with E-state index in [9.17, 15) is 41.5 Å². The van der Waals surface area contributed by atoms with Crippen molar-refractivity contribution >= 4 is 35.2 Å². The summed E-state index contributed by atoms with van der Waals surface area (Å²) in [4.78, 5) is 62.0. The lowest BCUT2D eigenvalue weighted by Crippen LogP contribution is -2.53. The van der Waals surface area contributed by atoms with Gasteiger partial charge in [0.15, 0.2) is 23.2 Å². The number of amides is 3. The minimum atomic E-state index is -1.93. The van der Waals surface area contributed by atoms with Gasteiger partial charge in [-0.2, -0.15) is 8.78 Å². The molecular formula is C30H35F4N3O7. The molecule has 2 aromatic carbocycles. The van der Waals surface area contributed by atoms with Crippen LogP contribution in [0.5, 0.6) is 5.75 Å². The number of hydrogen-bond acceptors (Lipinski definition) is 6. The number of rotatable bonds is 10. The van der Waals surface area contributed by atoms with Gasteiger partial charge in [0.25, 0.3) is 0 Å². The fourth-order valence-electron chi connectivity index (χ4n) is 3.91. The maximum Gasteiger partial charge on any atom is 0.313 e. The molecule has 2 atom stereocenters. The summed E-state index contributed by atoms with van der Waals surface area (Å²) in [5.74, 6) is -15.2. The summed E-state index contributed by atoms with van der Waals surface area (Å²) in [5, 5.41) is 15.9. The summed E-state index contributed by atoms with van der Waals surface area (Å²) < 4.78 is 59.1. The van der Waals surface area contributed by atoms with Gasteiger partial charge in [0.1, 0.15) is 18.7 Å². The normalized spacial score (nSPS) is 13.0. The molecule has 2 aromatic rings. The second kappa shape index (κ2) is 13.9. The first-order valence-corrected chi connectivity index (χ1v) is 13.4. The van der Waals surface area contributed by atoms with Crippen LogP contribution in [-0.4, -0.2) is 53.3 Å². The zero-order chi connectivity index (χ0) is 33.7. The van der Waals surface area contributed by atoms with Crippen LogP contribution in [0.25, 0.3) is 0 Å². The Morgan fingerprint density at radius 3 is 1.91 bits per heavy atom. The number of Topliss-reactive ketones (excluding diaryl/α,β-unsaturated/α-hetero) is 1. The molecule has 0 aliphatic rings. The first-order chi connectivity index (χ1) is 20.1. The number of halogens is 4. The van der Waals surface area contributed by atoms with Gasteiger partial charge in [-0.25, -0.2) is 8.78 Å². The summed E-state index contributed by atoms with van der Waals surface area (Å²) in [6.45, 7) is 11.6. The summed E-state index contributed by atoms with van der Waals surface area (Å²) in [6, 6.07) is 2.14. The molecule has 14 heteroatoms. The minimum absolute atomic E-state index is 0.0742. The lowest BCUT2D eigenvalue weighted by atomic mass is 9.81. The van der Waals surface area contributed by atoms with Crippen LogP contribution < -0.4 is 20.7 Å². The van der Waals surface area contributed by atoms with Crippen molar-refractivity contribution in [1.29, 1.82) is 0 Å². The number of ether oxygens (including phenoxy) is 1. The van der Waals surface area contributed by atoms with E-state index in [1.54, 1.807) is 6.07 Å². The van der Waals surface area contributed by atoms with Crippen LogP contribution in [0.15, 0.2) is 24.3 Å². The van der Waals surface area contributed by atoms with E-state index in [1.807, 2.05) is 53.7 Å². The summed E-state index contributed by atoms with van der Waals surface area (Å²) in [5.41, 5.74) is 1.35. The number of carboxylic acid groups (broad SMARTS) is 1. The zero-order valence-electron chi connectivity index (χ0n) is 25.3. The maximum absolute atomic E-state index is 13.8. The molecule has 0 spiro atoms. The Labute approximate surface area is 251 Å². The number of ketones is 1. The van der Waals surface area contributed by atoms with E-state index in [1.165, 1.54) is 0 Å². The number of carbonyl (C=O) groups is 5. The van der Waals surface area contributed by atoms with E-state index in [2.05, 4.69) is 20.7 Å². The quantitative estimate of drug-likeness (QED) is 0.178. The molecule has 0 fully saturated rings. The van der Waals surface area contributed by atoms with Crippen LogP contribution in [0, 0.1) is 23.3 Å². The Kier molecular flexibility index (Phi) is 11.3. The van der Waals surface area contributed by atoms with Gasteiger partial charge in [-0.3, -0.25) is 24.0 Å². The highest BCUT2D eigenvalue weighted by Gasteiger charge is 2.30. The van der Waals surface area contributed by atoms with E-state index in [-0.39, 0.29) is 11.5 Å². The molecule has 0 radical (unpaired) electrons. The molecule has 2 rings (SSSR count). The van der Waals surface area contributed by atoms with Crippen molar-refractivity contribution in [2.45, 2.75) is 77.8 Å². The Balaban J connectivity index is 2.13. The predicted molar refractivity (Wildman–Crippen MR) is 151 cm³/mol. The van der Waals surface area contributed by atoms with Crippen LogP contribution in [0.4, 0.5) is 23.2 Å². The van der Waals surface area contributed by atoms with Crippen molar-refractivity contribution < 1.29 is 51.4 Å². The maximum atomic E-state index is 13.8. The van der Waals surface area contributed by atoms with Crippen LogP contribution in [0.3, 0.4) is 0 Å². The fourth-order valence-corrected chi connectivity index (χ4v) is 3.91. The number of benzene rings is 2. The Morgan fingerprint density at radius 2 is 1.41 bits per heavy atom. The van der Waals surface area contributed by atoms with Gasteiger partial charge in [-0.15, -0.1) is 0 Å². The third-order valence-corrected chi connectivity index (χ3v) is 6.40. The molecule has 0 heterocycles. The number of carboxylic acids is 1. The monoisotopic (exact) mass is 625 g/mol. The second-order valence-electron chi connectivity index (χ2n) is 12.1. The first-order valence-electron chi connectivity index (χ1n) is 13.4. The lowest BCUT2D eigenvalue weighted by Gasteiger charge is -2.27. The number of aliphatic carboxylic acids is 1. The van der Waals surface area contributed by atoms with Gasteiger partial charge < -0.3 is 25.8 Å². The second-order valence-corrected chi connectivity index (χ2v) is 12.1. The SMILES string of the molecule is C[C@H](NC(=O)C(=O)Nc1cc(C(C)(C)C)ccc1C(C)(C)C)C(=O)N[C@@H](CC(=O)O)C(=O)COc1c(F)c(F)cc(F)c1F. The summed E-state index contributed by atoms with van der Waals surface area (Å²) in [7, 11) is 0. The van der Waals surface area contributed by atoms with Crippen molar-refractivity contribution in [2.75, 3.05) is 11.9 Å². The molecule has 240 valence electrons. The van der Waals surface area contributed by atoms with E-state index in [0.29, 0.717) is 5.69 Å². The van der Waals surface area contributed by atoms with E-state index in [0.717, 1.165) is 18.1 Å². The molecule has 0 aromatic heterocycles. The largest absolute Gasteiger partial charge is 0.481 e. The van der Waals surface area contributed by atoms with E-state index in [4.69, 9.17) is 5.11 Å². The van der Waals surface area contributed by atoms with Crippen molar-refractivity contribution in [3.63, 3.8) is 0 Å². The van der Waals surface area contributed by atoms with Gasteiger partial charge in [0.2, 0.25) is 17.5 Å². The van der Waals surface area contributed by atoms with Gasteiger partial charge in [-0.05, 0) is 34.9 Å². The van der Waals surface area contributed by atoms with Crippen LogP contribution in [-0.2, 0) is 34.8 Å². The molecule has 0 aliphatic heterocycles. The average Bonchev–Trinajstić information content (AvgIpc) is 2.89. The highest BCUT2D eigenvalue weighted by Crippen LogP contribution is 2.34. The third kappa shape index (κ3) is 9.25. The molecule has 0 aliphatic carbocycles.